The topological polar surface area (TPSA) is 112 Å². The molecule has 1 fully saturated rings. The Morgan fingerprint density at radius 2 is 2.00 bits per heavy atom. The second kappa shape index (κ2) is 7.01. The van der Waals surface area contributed by atoms with Gasteiger partial charge in [0.25, 0.3) is 0 Å². The first kappa shape index (κ1) is 19.4. The molecule has 1 atom stereocenters. The highest BCUT2D eigenvalue weighted by atomic mass is 19.4. The molecule has 0 amide bonds. The van der Waals surface area contributed by atoms with Crippen LogP contribution in [0.15, 0.2) is 18.5 Å². The summed E-state index contributed by atoms with van der Waals surface area (Å²) in [5, 5.41) is 10.5. The van der Waals surface area contributed by atoms with E-state index in [9.17, 15) is 18.3 Å². The van der Waals surface area contributed by atoms with Crippen molar-refractivity contribution in [2.45, 2.75) is 51.2 Å². The van der Waals surface area contributed by atoms with E-state index in [0.717, 1.165) is 18.9 Å². The number of anilines is 1. The Morgan fingerprint density at radius 1 is 1.33 bits per heavy atom. The molecule has 1 saturated carbocycles. The summed E-state index contributed by atoms with van der Waals surface area (Å²) >= 11 is 0. The Hall–Kier alpha value is -2.33. The van der Waals surface area contributed by atoms with Gasteiger partial charge in [0.05, 0.1) is 5.69 Å². The molecule has 0 bridgehead atoms. The van der Waals surface area contributed by atoms with Gasteiger partial charge in [-0.25, -0.2) is 9.97 Å². The molecule has 0 spiro atoms. The van der Waals surface area contributed by atoms with Crippen LogP contribution in [0.5, 0.6) is 5.75 Å². The first-order valence-corrected chi connectivity index (χ1v) is 8.59. The van der Waals surface area contributed by atoms with Crippen LogP contribution in [-0.2, 0) is 0 Å². The van der Waals surface area contributed by atoms with Crippen molar-refractivity contribution in [1.82, 2.24) is 14.5 Å². The van der Waals surface area contributed by atoms with Gasteiger partial charge >= 0.3 is 6.36 Å². The molecule has 2 aromatic heterocycles. The van der Waals surface area contributed by atoms with Crippen molar-refractivity contribution >= 4 is 5.82 Å². The number of ether oxygens (including phenoxy) is 1. The largest absolute Gasteiger partial charge is 0.573 e. The van der Waals surface area contributed by atoms with E-state index in [1.807, 2.05) is 18.4 Å². The van der Waals surface area contributed by atoms with Crippen molar-refractivity contribution < 1.29 is 23.0 Å². The summed E-state index contributed by atoms with van der Waals surface area (Å²) in [7, 11) is 0. The Bertz CT molecular complexity index is 815. The van der Waals surface area contributed by atoms with Gasteiger partial charge in [-0.1, -0.05) is 13.8 Å². The number of aromatic nitrogens is 3. The van der Waals surface area contributed by atoms with Gasteiger partial charge in [-0.3, -0.25) is 0 Å². The number of pyridine rings is 1. The van der Waals surface area contributed by atoms with E-state index >= 15 is 0 Å². The number of halogens is 3. The fourth-order valence-electron chi connectivity index (χ4n) is 3.02. The molecule has 148 valence electrons. The molecule has 0 aliphatic heterocycles. The molecule has 1 aliphatic rings. The molecule has 1 unspecified atom stereocenters. The summed E-state index contributed by atoms with van der Waals surface area (Å²) in [4.78, 5) is 8.22. The third kappa shape index (κ3) is 4.16. The third-order valence-electron chi connectivity index (χ3n) is 4.60. The molecular formula is C17H22F3N5O2. The molecule has 7 nitrogen and oxygen atoms in total. The highest BCUT2D eigenvalue weighted by Crippen LogP contribution is 2.37. The van der Waals surface area contributed by atoms with Gasteiger partial charge in [0.15, 0.2) is 11.6 Å². The van der Waals surface area contributed by atoms with E-state index < -0.39 is 18.2 Å². The van der Waals surface area contributed by atoms with Crippen molar-refractivity contribution in [1.29, 1.82) is 0 Å². The van der Waals surface area contributed by atoms with E-state index in [-0.39, 0.29) is 23.8 Å². The molecule has 27 heavy (non-hydrogen) atoms. The van der Waals surface area contributed by atoms with Crippen molar-refractivity contribution in [2.75, 3.05) is 5.73 Å². The first-order valence-electron chi connectivity index (χ1n) is 8.59. The average Bonchev–Trinajstić information content (AvgIpc) is 2.96. The standard InChI is InChI=1S/C17H22F3N5O2/c1-8(2)14(26)16-24-12(7-25(16)11-4-10(21)5-11)9-3-13(15(22)23-6-9)27-17(18,19)20/h3,6-8,10-11,14,26H,4-5,21H2,1-2H3,(H2,22,23). The maximum Gasteiger partial charge on any atom is 0.573 e. The van der Waals surface area contributed by atoms with Gasteiger partial charge in [-0.05, 0) is 24.8 Å². The quantitative estimate of drug-likeness (QED) is 0.730. The minimum Gasteiger partial charge on any atom is -0.402 e. The molecule has 0 saturated heterocycles. The summed E-state index contributed by atoms with van der Waals surface area (Å²) in [5.41, 5.74) is 12.0. The van der Waals surface area contributed by atoms with Gasteiger partial charge in [0.2, 0.25) is 0 Å². The van der Waals surface area contributed by atoms with Crippen LogP contribution in [0.4, 0.5) is 19.0 Å². The summed E-state index contributed by atoms with van der Waals surface area (Å²) in [6.45, 7) is 3.71. The number of aliphatic hydroxyl groups is 1. The van der Waals surface area contributed by atoms with Crippen LogP contribution >= 0.6 is 0 Å². The van der Waals surface area contributed by atoms with Gasteiger partial charge in [-0.15, -0.1) is 13.2 Å². The van der Waals surface area contributed by atoms with Gasteiger partial charge < -0.3 is 25.9 Å². The fourth-order valence-corrected chi connectivity index (χ4v) is 3.02. The van der Waals surface area contributed by atoms with E-state index in [1.54, 1.807) is 6.20 Å². The van der Waals surface area contributed by atoms with Crippen LogP contribution in [0.3, 0.4) is 0 Å². The lowest BCUT2D eigenvalue weighted by Crippen LogP contribution is -2.38. The molecule has 3 rings (SSSR count). The van der Waals surface area contributed by atoms with Crippen molar-refractivity contribution in [3.63, 3.8) is 0 Å². The Balaban J connectivity index is 1.99. The lowest BCUT2D eigenvalue weighted by atomic mass is 9.87. The van der Waals surface area contributed by atoms with Crippen LogP contribution in [0.1, 0.15) is 44.7 Å². The second-order valence-corrected chi connectivity index (χ2v) is 7.12. The van der Waals surface area contributed by atoms with Crippen LogP contribution < -0.4 is 16.2 Å². The minimum atomic E-state index is -4.88. The number of imidazole rings is 1. The molecule has 10 heteroatoms. The lowest BCUT2D eigenvalue weighted by molar-refractivity contribution is -0.274. The second-order valence-electron chi connectivity index (χ2n) is 7.12. The highest BCUT2D eigenvalue weighted by molar-refractivity contribution is 5.63. The number of alkyl halides is 3. The summed E-state index contributed by atoms with van der Waals surface area (Å²) < 4.78 is 43.4. The molecule has 0 aromatic carbocycles. The van der Waals surface area contributed by atoms with Crippen molar-refractivity contribution in [3.8, 4) is 17.0 Å². The third-order valence-corrected chi connectivity index (χ3v) is 4.60. The lowest BCUT2D eigenvalue weighted by Gasteiger charge is -2.35. The number of rotatable bonds is 5. The molecule has 0 radical (unpaired) electrons. The Labute approximate surface area is 154 Å². The van der Waals surface area contributed by atoms with Crippen molar-refractivity contribution in [3.05, 3.63) is 24.3 Å². The van der Waals surface area contributed by atoms with E-state index in [4.69, 9.17) is 11.5 Å². The predicted octanol–water partition coefficient (Wildman–Crippen LogP) is 2.78. The zero-order valence-corrected chi connectivity index (χ0v) is 14.9. The SMILES string of the molecule is CC(C)C(O)c1nc(-c2cnc(N)c(OC(F)(F)F)c2)cn1C1CC(N)C1. The highest BCUT2D eigenvalue weighted by Gasteiger charge is 2.34. The summed E-state index contributed by atoms with van der Waals surface area (Å²) in [5.74, 6) is -0.595. The number of nitrogens with two attached hydrogens (primary N) is 2. The van der Waals surface area contributed by atoms with E-state index in [2.05, 4.69) is 14.7 Å². The summed E-state index contributed by atoms with van der Waals surface area (Å²) in [6, 6.07) is 1.33. The maximum atomic E-state index is 12.5. The first-order chi connectivity index (χ1) is 12.5. The molecule has 1 aliphatic carbocycles. The van der Waals surface area contributed by atoms with Crippen molar-refractivity contribution in [2.24, 2.45) is 11.7 Å². The number of hydrogen-bond acceptors (Lipinski definition) is 6. The van der Waals surface area contributed by atoms with Crippen LogP contribution in [0.2, 0.25) is 0 Å². The minimum absolute atomic E-state index is 0.0820. The average molecular weight is 385 g/mol. The predicted molar refractivity (Wildman–Crippen MR) is 92.6 cm³/mol. The van der Waals surface area contributed by atoms with Crippen LogP contribution in [-0.4, -0.2) is 32.0 Å². The molecular weight excluding hydrogens is 363 g/mol. The number of aliphatic hydroxyl groups excluding tert-OH is 1. The fraction of sp³-hybridized carbons (Fsp3) is 0.529. The summed E-state index contributed by atoms with van der Waals surface area (Å²) in [6.07, 6.45) is -1.19. The van der Waals surface area contributed by atoms with Gasteiger partial charge in [0.1, 0.15) is 11.9 Å². The number of nitrogen functional groups attached to an aromatic ring is 1. The van der Waals surface area contributed by atoms with Gasteiger partial charge in [0, 0.05) is 30.0 Å². The maximum absolute atomic E-state index is 12.5. The zero-order valence-electron chi connectivity index (χ0n) is 14.9. The van der Waals surface area contributed by atoms with E-state index in [0.29, 0.717) is 17.1 Å². The van der Waals surface area contributed by atoms with Crippen LogP contribution in [0.25, 0.3) is 11.3 Å². The van der Waals surface area contributed by atoms with Gasteiger partial charge in [-0.2, -0.15) is 0 Å². The smallest absolute Gasteiger partial charge is 0.402 e. The van der Waals surface area contributed by atoms with Crippen LogP contribution in [0, 0.1) is 5.92 Å². The Kier molecular flexibility index (Phi) is 5.04. The monoisotopic (exact) mass is 385 g/mol. The normalized spacial score (nSPS) is 21.2. The number of nitrogens with zero attached hydrogens (tertiary/aromatic N) is 3. The molecule has 5 N–H and O–H groups in total. The Morgan fingerprint density at radius 3 is 2.56 bits per heavy atom. The molecule has 2 heterocycles. The molecule has 2 aromatic rings. The zero-order chi connectivity index (χ0) is 19.9. The van der Waals surface area contributed by atoms with E-state index in [1.165, 1.54) is 6.20 Å². The number of hydrogen-bond donors (Lipinski definition) is 3.